The van der Waals surface area contributed by atoms with Crippen LogP contribution >= 0.6 is 0 Å². The van der Waals surface area contributed by atoms with Crippen LogP contribution in [0.25, 0.3) is 0 Å². The minimum Gasteiger partial charge on any atom is -0.492 e. The van der Waals surface area contributed by atoms with Crippen molar-refractivity contribution in [2.24, 2.45) is 4.99 Å². The summed E-state index contributed by atoms with van der Waals surface area (Å²) in [5.74, 6) is 1.55. The summed E-state index contributed by atoms with van der Waals surface area (Å²) in [6.07, 6.45) is 0. The van der Waals surface area contributed by atoms with E-state index in [4.69, 9.17) is 9.47 Å². The number of likely N-dealkylation sites (N-methyl/N-ethyl adjacent to an activating group) is 2. The van der Waals surface area contributed by atoms with Gasteiger partial charge in [0.25, 0.3) is 0 Å². The van der Waals surface area contributed by atoms with Crippen LogP contribution in [0.15, 0.2) is 53.5 Å². The van der Waals surface area contributed by atoms with E-state index >= 15 is 0 Å². The largest absolute Gasteiger partial charge is 0.492 e. The van der Waals surface area contributed by atoms with Crippen molar-refractivity contribution in [3.05, 3.63) is 59.7 Å². The highest BCUT2D eigenvalue weighted by Gasteiger charge is 2.35. The van der Waals surface area contributed by atoms with E-state index in [1.165, 1.54) is 18.1 Å². The molecule has 10 heteroatoms. The van der Waals surface area contributed by atoms with E-state index in [0.29, 0.717) is 19.0 Å². The third-order valence-corrected chi connectivity index (χ3v) is 5.90. The van der Waals surface area contributed by atoms with E-state index in [2.05, 4.69) is 39.4 Å². The van der Waals surface area contributed by atoms with Crippen molar-refractivity contribution in [3.8, 4) is 11.5 Å². The van der Waals surface area contributed by atoms with Crippen LogP contribution in [0.4, 0.5) is 0 Å². The smallest absolute Gasteiger partial charge is 0.340 e. The second-order valence-corrected chi connectivity index (χ2v) is 11.0. The number of esters is 1. The maximum Gasteiger partial charge on any atom is 0.340 e. The van der Waals surface area contributed by atoms with Crippen LogP contribution in [0, 0.1) is 13.8 Å². The van der Waals surface area contributed by atoms with Gasteiger partial charge in [-0.15, -0.1) is 0 Å². The van der Waals surface area contributed by atoms with Crippen molar-refractivity contribution < 1.29 is 28.6 Å². The molecule has 3 rings (SSSR count). The number of amides is 2. The van der Waals surface area contributed by atoms with Crippen LogP contribution in [0.2, 0.25) is 0 Å². The molecule has 2 amide bonds. The van der Waals surface area contributed by atoms with E-state index in [0.717, 1.165) is 24.7 Å². The second kappa shape index (κ2) is 17.1. The van der Waals surface area contributed by atoms with Crippen LogP contribution in [0.1, 0.15) is 52.7 Å². The van der Waals surface area contributed by atoms with Crippen LogP contribution in [0.3, 0.4) is 0 Å². The van der Waals surface area contributed by atoms with Gasteiger partial charge in [0.2, 0.25) is 11.8 Å². The molecule has 232 valence electrons. The average Bonchev–Trinajstić information content (AvgIpc) is 3.14. The van der Waals surface area contributed by atoms with E-state index in [9.17, 15) is 14.4 Å². The topological polar surface area (TPSA) is 119 Å². The molecule has 2 aromatic rings. The fourth-order valence-electron chi connectivity index (χ4n) is 3.63. The number of nitrogens with zero attached hydrogens (tertiary/aromatic N) is 2. The number of rotatable bonds is 10. The number of benzene rings is 2. The number of ether oxygens (including phenoxy) is 3. The van der Waals surface area contributed by atoms with Gasteiger partial charge < -0.3 is 29.7 Å². The molecule has 0 spiro atoms. The normalized spacial score (nSPS) is 13.3. The third-order valence-electron chi connectivity index (χ3n) is 5.90. The minimum absolute atomic E-state index is 0.148. The quantitative estimate of drug-likeness (QED) is 0.319. The van der Waals surface area contributed by atoms with Gasteiger partial charge in [-0.3, -0.25) is 9.59 Å². The number of cyclic esters (lactones) is 1. The predicted octanol–water partition coefficient (Wildman–Crippen LogP) is 4.08. The lowest BCUT2D eigenvalue weighted by atomic mass is 10.0. The summed E-state index contributed by atoms with van der Waals surface area (Å²) in [6.45, 7) is 16.4. The van der Waals surface area contributed by atoms with Crippen molar-refractivity contribution in [1.82, 2.24) is 15.5 Å². The molecule has 2 N–H and O–H groups in total. The average molecular weight is 585 g/mol. The lowest BCUT2D eigenvalue weighted by Gasteiger charge is -2.29. The van der Waals surface area contributed by atoms with Gasteiger partial charge in [-0.2, -0.15) is 0 Å². The summed E-state index contributed by atoms with van der Waals surface area (Å²) in [4.78, 5) is 39.6. The maximum absolute atomic E-state index is 12.2. The maximum atomic E-state index is 12.2. The van der Waals surface area contributed by atoms with E-state index in [1.807, 2.05) is 50.4 Å². The fourth-order valence-corrected chi connectivity index (χ4v) is 3.63. The number of aliphatic imine (C=N–C) groups is 1. The number of carbonyl (C=O) groups is 3. The van der Waals surface area contributed by atoms with Crippen molar-refractivity contribution in [2.45, 2.75) is 66.5 Å². The second-order valence-electron chi connectivity index (χ2n) is 11.0. The molecular weight excluding hydrogens is 536 g/mol. The molecule has 0 bridgehead atoms. The zero-order valence-corrected chi connectivity index (χ0v) is 26.8. The van der Waals surface area contributed by atoms with E-state index in [-0.39, 0.29) is 17.8 Å². The molecule has 0 aromatic heterocycles. The van der Waals surface area contributed by atoms with Crippen LogP contribution in [-0.4, -0.2) is 80.1 Å². The molecule has 2 aromatic carbocycles. The first-order chi connectivity index (χ1) is 19.6. The van der Waals surface area contributed by atoms with E-state index < -0.39 is 11.1 Å². The van der Waals surface area contributed by atoms with Crippen molar-refractivity contribution >= 4 is 23.7 Å². The Hall–Kier alpha value is -3.92. The van der Waals surface area contributed by atoms with Gasteiger partial charge in [-0.25, -0.2) is 9.79 Å². The van der Waals surface area contributed by atoms with Gasteiger partial charge >= 0.3 is 5.97 Å². The number of carbonyl (C=O) groups excluding carboxylic acids is 3. The highest BCUT2D eigenvalue weighted by Crippen LogP contribution is 2.18. The molecule has 0 saturated heterocycles. The van der Waals surface area contributed by atoms with Gasteiger partial charge in [0.1, 0.15) is 30.3 Å². The van der Waals surface area contributed by atoms with Crippen molar-refractivity contribution in [1.29, 1.82) is 0 Å². The van der Waals surface area contributed by atoms with Crippen LogP contribution in [0.5, 0.6) is 11.5 Å². The molecule has 0 fully saturated rings. The number of hydrogen-bond acceptors (Lipinski definition) is 8. The summed E-state index contributed by atoms with van der Waals surface area (Å²) in [6, 6.07) is 15.8. The van der Waals surface area contributed by atoms with Gasteiger partial charge in [0.15, 0.2) is 11.4 Å². The fraction of sp³-hybridized carbons (Fsp3) is 0.500. The summed E-state index contributed by atoms with van der Waals surface area (Å²) >= 11 is 0. The SMILES string of the molecule is CC(=O)NC(C)(C)C(=O)N(C)CCOc1ccc(C)cc1.CC1=NC(C)(C)C(=O)O1.CNCCOc1ccc(C)cc1. The third kappa shape index (κ3) is 13.6. The van der Waals surface area contributed by atoms with Crippen molar-refractivity contribution in [3.63, 3.8) is 0 Å². The van der Waals surface area contributed by atoms with Crippen LogP contribution in [-0.2, 0) is 19.1 Å². The molecule has 10 nitrogen and oxygen atoms in total. The summed E-state index contributed by atoms with van der Waals surface area (Å²) < 4.78 is 15.7. The Morgan fingerprint density at radius 3 is 1.76 bits per heavy atom. The Morgan fingerprint density at radius 1 is 0.929 bits per heavy atom. The standard InChI is InChI=1S/C16H24N2O3.C10H15NO.C6H9NO2/c1-12-6-8-14(9-7-12)21-11-10-18(5)15(20)16(3,4)17-13(2)19;1-9-3-5-10(6-4-9)12-8-7-11-2;1-4-7-6(2,3)5(8)9-4/h6-9H,10-11H2,1-5H3,(H,17,19);3-6,11H,7-8H2,1-2H3;1-3H3. The Morgan fingerprint density at radius 2 is 1.40 bits per heavy atom. The molecule has 1 heterocycles. The Bertz CT molecular complexity index is 1170. The molecule has 1 aliphatic rings. The highest BCUT2D eigenvalue weighted by molar-refractivity contribution is 5.98. The predicted molar refractivity (Wildman–Crippen MR) is 166 cm³/mol. The summed E-state index contributed by atoms with van der Waals surface area (Å²) in [5, 5.41) is 5.67. The first-order valence-corrected chi connectivity index (χ1v) is 13.9. The van der Waals surface area contributed by atoms with Gasteiger partial charge in [-0.05, 0) is 72.9 Å². The zero-order chi connectivity index (χ0) is 31.9. The molecule has 0 radical (unpaired) electrons. The Kier molecular flexibility index (Phi) is 14.7. The molecule has 0 saturated carbocycles. The molecule has 0 unspecified atom stereocenters. The Balaban J connectivity index is 0.000000351. The molecule has 1 aliphatic heterocycles. The van der Waals surface area contributed by atoms with Gasteiger partial charge in [0, 0.05) is 27.4 Å². The number of hydrogen-bond donors (Lipinski definition) is 2. The minimum atomic E-state index is -0.912. The molecular formula is C32H48N4O6. The first kappa shape index (κ1) is 36.1. The summed E-state index contributed by atoms with van der Waals surface area (Å²) in [7, 11) is 3.61. The van der Waals surface area contributed by atoms with Crippen LogP contribution < -0.4 is 20.1 Å². The molecule has 0 aliphatic carbocycles. The van der Waals surface area contributed by atoms with Gasteiger partial charge in [-0.1, -0.05) is 35.4 Å². The lowest BCUT2D eigenvalue weighted by Crippen LogP contribution is -2.55. The lowest BCUT2D eigenvalue weighted by molar-refractivity contribution is -0.139. The number of nitrogens with one attached hydrogen (secondary N) is 2. The van der Waals surface area contributed by atoms with Gasteiger partial charge in [0.05, 0.1) is 6.54 Å². The van der Waals surface area contributed by atoms with Crippen molar-refractivity contribution in [2.75, 3.05) is 40.4 Å². The van der Waals surface area contributed by atoms with E-state index in [1.54, 1.807) is 46.6 Å². The Labute approximate surface area is 250 Å². The molecule has 42 heavy (non-hydrogen) atoms. The first-order valence-electron chi connectivity index (χ1n) is 13.9. The highest BCUT2D eigenvalue weighted by atomic mass is 16.6. The number of aryl methyl sites for hydroxylation is 2. The zero-order valence-electron chi connectivity index (χ0n) is 26.8. The summed E-state index contributed by atoms with van der Waals surface area (Å²) in [5.41, 5.74) is 0.872. The molecule has 0 atom stereocenters. The monoisotopic (exact) mass is 584 g/mol.